The van der Waals surface area contributed by atoms with Gasteiger partial charge in [-0.15, -0.1) is 0 Å². The largest absolute Gasteiger partial charge is 0.759 e. The van der Waals surface area contributed by atoms with Gasteiger partial charge in [0.25, 0.3) is 0 Å². The Morgan fingerprint density at radius 3 is 1.16 bits per heavy atom. The number of rotatable bonds is 2. The lowest BCUT2D eigenvalue weighted by Gasteiger charge is -2.06. The van der Waals surface area contributed by atoms with Crippen molar-refractivity contribution in [3.63, 3.8) is 0 Å². The van der Waals surface area contributed by atoms with Gasteiger partial charge >= 0.3 is 0 Å². The van der Waals surface area contributed by atoms with Crippen molar-refractivity contribution >= 4 is 10.4 Å². The quantitative estimate of drug-likeness (QED) is 0.582. The Labute approximate surface area is 148 Å². The molecule has 0 bridgehead atoms. The topological polar surface area (TPSA) is 136 Å². The van der Waals surface area contributed by atoms with E-state index in [-0.39, 0.29) is 0 Å². The van der Waals surface area contributed by atoms with Gasteiger partial charge in [-0.25, -0.2) is 0 Å². The van der Waals surface area contributed by atoms with Crippen molar-refractivity contribution < 1.29 is 29.0 Å². The maximum atomic E-state index is 8.52. The summed E-state index contributed by atoms with van der Waals surface area (Å²) in [5.41, 5.74) is 10.9. The van der Waals surface area contributed by atoms with Crippen molar-refractivity contribution in [1.29, 1.82) is 0 Å². The SMILES string of the molecule is O=S(=O)([O-])[O-].[NH3+][C@@H]1CC1c1ccccc1.[NH3+][C@H]1CC1c1ccccc1. The molecule has 6 N–H and O–H groups in total. The Kier molecular flexibility index (Phi) is 6.69. The van der Waals surface area contributed by atoms with Gasteiger partial charge in [0.15, 0.2) is 0 Å². The van der Waals surface area contributed by atoms with Crippen LogP contribution < -0.4 is 11.5 Å². The van der Waals surface area contributed by atoms with E-state index in [1.54, 1.807) is 0 Å². The fraction of sp³-hybridized carbons (Fsp3) is 0.333. The molecule has 0 spiro atoms. The molecular weight excluding hydrogens is 340 g/mol. The van der Waals surface area contributed by atoms with E-state index in [2.05, 4.69) is 72.1 Å². The van der Waals surface area contributed by atoms with E-state index < -0.39 is 10.4 Å². The Morgan fingerprint density at radius 2 is 0.960 bits per heavy atom. The lowest BCUT2D eigenvalue weighted by atomic mass is 10.1. The van der Waals surface area contributed by atoms with Gasteiger partial charge in [0, 0.05) is 35.1 Å². The third kappa shape index (κ3) is 7.76. The smallest absolute Gasteiger partial charge is 0.0923 e. The van der Waals surface area contributed by atoms with Crippen molar-refractivity contribution in [3.8, 4) is 0 Å². The summed E-state index contributed by atoms with van der Waals surface area (Å²) >= 11 is 0. The highest BCUT2D eigenvalue weighted by Crippen LogP contribution is 2.37. The van der Waals surface area contributed by atoms with Gasteiger partial charge in [-0.2, -0.15) is 0 Å². The molecule has 4 rings (SSSR count). The zero-order valence-corrected chi connectivity index (χ0v) is 14.8. The normalized spacial score (nSPS) is 26.4. The standard InChI is InChI=1S/2C9H11N.H2O4S/c2*10-9-6-8(9)7-4-2-1-3-5-7;1-5(2,3)4/h2*1-5,8-9H,6,10H2;(H2,1,2,3,4)/t2*8?,9-;/m10./s1. The zero-order valence-electron chi connectivity index (χ0n) is 14.0. The van der Waals surface area contributed by atoms with E-state index >= 15 is 0 Å². The lowest BCUT2D eigenvalue weighted by Crippen LogP contribution is -2.53. The summed E-state index contributed by atoms with van der Waals surface area (Å²) < 4.78 is 34.1. The fourth-order valence-corrected chi connectivity index (χ4v) is 2.71. The molecule has 7 heteroatoms. The summed E-state index contributed by atoms with van der Waals surface area (Å²) in [6, 6.07) is 22.6. The van der Waals surface area contributed by atoms with Crippen LogP contribution in [-0.2, 0) is 10.4 Å². The van der Waals surface area contributed by atoms with Crippen molar-refractivity contribution in [2.75, 3.05) is 0 Å². The highest BCUT2D eigenvalue weighted by atomic mass is 32.3. The van der Waals surface area contributed by atoms with Gasteiger partial charge in [-0.1, -0.05) is 60.7 Å². The molecule has 0 amide bonds. The molecule has 2 fully saturated rings. The lowest BCUT2D eigenvalue weighted by molar-refractivity contribution is -0.387. The molecule has 0 heterocycles. The molecule has 0 saturated heterocycles. The molecule has 2 aromatic rings. The summed E-state index contributed by atoms with van der Waals surface area (Å²) in [7, 11) is -5.17. The van der Waals surface area contributed by atoms with Gasteiger partial charge in [0.05, 0.1) is 12.1 Å². The van der Waals surface area contributed by atoms with Crippen molar-refractivity contribution in [2.24, 2.45) is 0 Å². The maximum Gasteiger partial charge on any atom is 0.0923 e. The minimum absolute atomic E-state index is 0.683. The minimum atomic E-state index is -5.17. The molecule has 2 aliphatic carbocycles. The van der Waals surface area contributed by atoms with E-state index in [1.807, 2.05) is 0 Å². The molecule has 6 nitrogen and oxygen atoms in total. The molecule has 25 heavy (non-hydrogen) atoms. The Balaban J connectivity index is 0.000000144. The minimum Gasteiger partial charge on any atom is -0.759 e. The molecule has 2 aromatic carbocycles. The third-order valence-electron chi connectivity index (χ3n) is 4.30. The second kappa shape index (κ2) is 8.55. The molecule has 0 aliphatic heterocycles. The van der Waals surface area contributed by atoms with Gasteiger partial charge < -0.3 is 20.6 Å². The number of quaternary nitrogens is 2. The molecule has 4 atom stereocenters. The van der Waals surface area contributed by atoms with Crippen LogP contribution in [0.15, 0.2) is 60.7 Å². The first kappa shape index (κ1) is 19.6. The predicted octanol–water partition coefficient (Wildman–Crippen LogP) is 0.231. The Hall–Kier alpha value is -1.77. The van der Waals surface area contributed by atoms with E-state index in [4.69, 9.17) is 17.5 Å². The van der Waals surface area contributed by atoms with Crippen LogP contribution in [0.2, 0.25) is 0 Å². The first-order valence-corrected chi connectivity index (χ1v) is 9.51. The Morgan fingerprint density at radius 1 is 0.720 bits per heavy atom. The van der Waals surface area contributed by atoms with E-state index in [1.165, 1.54) is 24.0 Å². The summed E-state index contributed by atoms with van der Waals surface area (Å²) in [5.74, 6) is 1.53. The van der Waals surface area contributed by atoms with Crippen LogP contribution in [0.5, 0.6) is 0 Å². The molecule has 0 aromatic heterocycles. The molecule has 0 radical (unpaired) electrons. The first-order chi connectivity index (χ1) is 11.8. The monoisotopic (exact) mass is 364 g/mol. The van der Waals surface area contributed by atoms with Crippen LogP contribution in [0.3, 0.4) is 0 Å². The average molecular weight is 364 g/mol. The summed E-state index contributed by atoms with van der Waals surface area (Å²) in [6.45, 7) is 0. The third-order valence-corrected chi connectivity index (χ3v) is 4.30. The van der Waals surface area contributed by atoms with Crippen LogP contribution in [0, 0.1) is 0 Å². The maximum absolute atomic E-state index is 8.52. The van der Waals surface area contributed by atoms with Crippen LogP contribution in [0.4, 0.5) is 0 Å². The fourth-order valence-electron chi connectivity index (χ4n) is 2.71. The first-order valence-electron chi connectivity index (χ1n) is 8.18. The van der Waals surface area contributed by atoms with Crippen LogP contribution >= 0.6 is 0 Å². The second-order valence-corrected chi connectivity index (χ2v) is 7.25. The highest BCUT2D eigenvalue weighted by Gasteiger charge is 2.39. The molecular formula is C18H24N2O4S. The van der Waals surface area contributed by atoms with Crippen molar-refractivity contribution in [2.45, 2.75) is 36.8 Å². The van der Waals surface area contributed by atoms with Crippen molar-refractivity contribution in [1.82, 2.24) is 0 Å². The van der Waals surface area contributed by atoms with Gasteiger partial charge in [-0.3, -0.25) is 8.42 Å². The van der Waals surface area contributed by atoms with Gasteiger partial charge in [0.1, 0.15) is 0 Å². The van der Waals surface area contributed by atoms with Crippen LogP contribution in [-0.4, -0.2) is 29.6 Å². The van der Waals surface area contributed by atoms with E-state index in [0.29, 0.717) is 12.1 Å². The molecule has 2 unspecified atom stereocenters. The highest BCUT2D eigenvalue weighted by molar-refractivity contribution is 7.79. The average Bonchev–Trinajstić information content (AvgIpc) is 3.47. The summed E-state index contributed by atoms with van der Waals surface area (Å²) in [5, 5.41) is 0. The summed E-state index contributed by atoms with van der Waals surface area (Å²) in [4.78, 5) is 0. The zero-order chi connectivity index (χ0) is 18.4. The number of benzene rings is 2. The molecule has 2 saturated carbocycles. The number of hydrogen-bond acceptors (Lipinski definition) is 4. The number of hydrogen-bond donors (Lipinski definition) is 2. The van der Waals surface area contributed by atoms with Crippen LogP contribution in [0.25, 0.3) is 0 Å². The van der Waals surface area contributed by atoms with E-state index in [0.717, 1.165) is 11.8 Å². The van der Waals surface area contributed by atoms with Gasteiger partial charge in [0.2, 0.25) is 0 Å². The molecule has 136 valence electrons. The second-order valence-electron chi connectivity index (χ2n) is 6.43. The van der Waals surface area contributed by atoms with Gasteiger partial charge in [-0.05, 0) is 11.1 Å². The van der Waals surface area contributed by atoms with E-state index in [9.17, 15) is 0 Å². The molecule has 2 aliphatic rings. The predicted molar refractivity (Wildman–Crippen MR) is 91.4 cm³/mol. The Bertz CT molecular complexity index is 694. The van der Waals surface area contributed by atoms with Crippen LogP contribution in [0.1, 0.15) is 35.8 Å². The van der Waals surface area contributed by atoms with Crippen molar-refractivity contribution in [3.05, 3.63) is 71.8 Å². The summed E-state index contributed by atoms with van der Waals surface area (Å²) in [6.07, 6.45) is 2.56.